The molecule has 0 atom stereocenters. The number of nitrogens with zero attached hydrogens (tertiary/aromatic N) is 1. The van der Waals surface area contributed by atoms with Gasteiger partial charge in [-0.2, -0.15) is 0 Å². The summed E-state index contributed by atoms with van der Waals surface area (Å²) in [5.74, 6) is 2.06. The standard InChI is InChI=1S/C15H25N3O.HI/c1-12(2)8-9-17-15(16)18-10-11-19-14-7-5-4-6-13(14)3;/h4-7,12H,8-11H2,1-3H3,(H3,16,17,18);1H. The number of benzene rings is 1. The lowest BCUT2D eigenvalue weighted by molar-refractivity contribution is 0.320. The number of halogens is 1. The molecule has 4 nitrogen and oxygen atoms in total. The number of hydrogen-bond acceptors (Lipinski definition) is 2. The van der Waals surface area contributed by atoms with Crippen LogP contribution in [-0.4, -0.2) is 25.7 Å². The molecule has 0 aliphatic heterocycles. The molecule has 0 fully saturated rings. The second kappa shape index (κ2) is 10.8. The minimum Gasteiger partial charge on any atom is -0.491 e. The average molecular weight is 391 g/mol. The molecule has 1 rings (SSSR count). The van der Waals surface area contributed by atoms with Crippen molar-refractivity contribution in [2.24, 2.45) is 16.6 Å². The van der Waals surface area contributed by atoms with Gasteiger partial charge >= 0.3 is 0 Å². The molecule has 0 aromatic heterocycles. The molecule has 0 amide bonds. The van der Waals surface area contributed by atoms with Gasteiger partial charge in [0.15, 0.2) is 5.96 Å². The maximum Gasteiger partial charge on any atom is 0.188 e. The summed E-state index contributed by atoms with van der Waals surface area (Å²) < 4.78 is 5.66. The van der Waals surface area contributed by atoms with Crippen LogP contribution >= 0.6 is 24.0 Å². The third-order valence-electron chi connectivity index (χ3n) is 2.75. The first-order valence-electron chi connectivity index (χ1n) is 6.82. The van der Waals surface area contributed by atoms with Gasteiger partial charge in [-0.05, 0) is 30.9 Å². The van der Waals surface area contributed by atoms with Crippen LogP contribution in [0.3, 0.4) is 0 Å². The summed E-state index contributed by atoms with van der Waals surface area (Å²) in [6.45, 7) is 8.39. The number of para-hydroxylation sites is 1. The summed E-state index contributed by atoms with van der Waals surface area (Å²) >= 11 is 0. The largest absolute Gasteiger partial charge is 0.491 e. The van der Waals surface area contributed by atoms with Gasteiger partial charge in [0.1, 0.15) is 12.4 Å². The zero-order valence-corrected chi connectivity index (χ0v) is 14.9. The van der Waals surface area contributed by atoms with Crippen LogP contribution in [0, 0.1) is 12.8 Å². The molecule has 0 bridgehead atoms. The fourth-order valence-electron chi connectivity index (χ4n) is 1.56. The Balaban J connectivity index is 0.00000361. The van der Waals surface area contributed by atoms with E-state index in [9.17, 15) is 0 Å². The van der Waals surface area contributed by atoms with E-state index in [2.05, 4.69) is 24.2 Å². The molecule has 20 heavy (non-hydrogen) atoms. The summed E-state index contributed by atoms with van der Waals surface area (Å²) in [6, 6.07) is 7.97. The van der Waals surface area contributed by atoms with Crippen molar-refractivity contribution >= 4 is 29.9 Å². The zero-order chi connectivity index (χ0) is 14.1. The predicted octanol–water partition coefficient (Wildman–Crippen LogP) is 2.94. The number of aliphatic imine (C=N–C) groups is 1. The number of aryl methyl sites for hydroxylation is 1. The van der Waals surface area contributed by atoms with E-state index in [4.69, 9.17) is 10.5 Å². The second-order valence-electron chi connectivity index (χ2n) is 4.99. The molecule has 0 unspecified atom stereocenters. The number of nitrogens with two attached hydrogens (primary N) is 1. The van der Waals surface area contributed by atoms with E-state index in [-0.39, 0.29) is 24.0 Å². The van der Waals surface area contributed by atoms with Crippen LogP contribution in [0.25, 0.3) is 0 Å². The van der Waals surface area contributed by atoms with Crippen molar-refractivity contribution in [3.8, 4) is 5.75 Å². The maximum atomic E-state index is 5.75. The highest BCUT2D eigenvalue weighted by Crippen LogP contribution is 2.15. The summed E-state index contributed by atoms with van der Waals surface area (Å²) in [5, 5.41) is 3.05. The summed E-state index contributed by atoms with van der Waals surface area (Å²) in [4.78, 5) is 4.25. The van der Waals surface area contributed by atoms with Crippen molar-refractivity contribution in [3.63, 3.8) is 0 Å². The van der Waals surface area contributed by atoms with E-state index >= 15 is 0 Å². The highest BCUT2D eigenvalue weighted by Gasteiger charge is 1.98. The molecule has 1 aromatic carbocycles. The van der Waals surface area contributed by atoms with Gasteiger partial charge in [0.25, 0.3) is 0 Å². The molecule has 3 N–H and O–H groups in total. The summed E-state index contributed by atoms with van der Waals surface area (Å²) in [7, 11) is 0. The minimum absolute atomic E-state index is 0. The Kier molecular flexibility index (Phi) is 10.2. The van der Waals surface area contributed by atoms with Gasteiger partial charge in [0.2, 0.25) is 0 Å². The molecule has 5 heteroatoms. The molecule has 0 saturated carbocycles. The fourth-order valence-corrected chi connectivity index (χ4v) is 1.56. The summed E-state index contributed by atoms with van der Waals surface area (Å²) in [6.07, 6.45) is 1.06. The van der Waals surface area contributed by atoms with Gasteiger partial charge in [0.05, 0.1) is 6.54 Å². The molecular formula is C15H26IN3O. The summed E-state index contributed by atoms with van der Waals surface area (Å²) in [5.41, 5.74) is 6.89. The monoisotopic (exact) mass is 391 g/mol. The van der Waals surface area contributed by atoms with Crippen LogP contribution in [0.5, 0.6) is 5.75 Å². The lowest BCUT2D eigenvalue weighted by Crippen LogP contribution is -2.34. The Morgan fingerprint density at radius 1 is 1.35 bits per heavy atom. The Hall–Kier alpha value is -0.980. The smallest absolute Gasteiger partial charge is 0.188 e. The normalized spacial score (nSPS) is 11.1. The molecule has 0 aliphatic carbocycles. The van der Waals surface area contributed by atoms with Crippen LogP contribution in [0.2, 0.25) is 0 Å². The number of guanidine groups is 1. The first-order valence-corrected chi connectivity index (χ1v) is 6.82. The first-order chi connectivity index (χ1) is 9.09. The van der Waals surface area contributed by atoms with E-state index in [1.54, 1.807) is 0 Å². The van der Waals surface area contributed by atoms with Crippen molar-refractivity contribution in [2.75, 3.05) is 19.7 Å². The highest BCUT2D eigenvalue weighted by molar-refractivity contribution is 14.0. The van der Waals surface area contributed by atoms with Crippen molar-refractivity contribution in [2.45, 2.75) is 27.2 Å². The van der Waals surface area contributed by atoms with Gasteiger partial charge in [-0.25, -0.2) is 0 Å². The topological polar surface area (TPSA) is 59.6 Å². The number of ether oxygens (including phenoxy) is 1. The van der Waals surface area contributed by atoms with Crippen LogP contribution in [0.15, 0.2) is 29.3 Å². The van der Waals surface area contributed by atoms with E-state index in [1.165, 1.54) is 0 Å². The predicted molar refractivity (Wildman–Crippen MR) is 96.0 cm³/mol. The molecular weight excluding hydrogens is 365 g/mol. The van der Waals surface area contributed by atoms with E-state index in [0.29, 0.717) is 25.0 Å². The molecule has 1 aromatic rings. The average Bonchev–Trinajstić information content (AvgIpc) is 2.36. The second-order valence-corrected chi connectivity index (χ2v) is 4.99. The molecule has 0 radical (unpaired) electrons. The lowest BCUT2D eigenvalue weighted by Gasteiger charge is -2.10. The highest BCUT2D eigenvalue weighted by atomic mass is 127. The van der Waals surface area contributed by atoms with Gasteiger partial charge in [0, 0.05) is 6.54 Å². The number of nitrogens with one attached hydrogen (secondary N) is 1. The first kappa shape index (κ1) is 19.0. The Bertz CT molecular complexity index is 408. The number of rotatable bonds is 7. The van der Waals surface area contributed by atoms with Crippen LogP contribution in [-0.2, 0) is 0 Å². The molecule has 0 aliphatic rings. The third kappa shape index (κ3) is 8.24. The molecule has 0 spiro atoms. The van der Waals surface area contributed by atoms with E-state index in [1.807, 2.05) is 31.2 Å². The Morgan fingerprint density at radius 3 is 2.70 bits per heavy atom. The molecule has 114 valence electrons. The molecule has 0 heterocycles. The van der Waals surface area contributed by atoms with E-state index < -0.39 is 0 Å². The third-order valence-corrected chi connectivity index (χ3v) is 2.75. The lowest BCUT2D eigenvalue weighted by atomic mass is 10.1. The van der Waals surface area contributed by atoms with Crippen molar-refractivity contribution in [1.82, 2.24) is 5.32 Å². The van der Waals surface area contributed by atoms with Gasteiger partial charge in [-0.1, -0.05) is 32.0 Å². The van der Waals surface area contributed by atoms with Crippen LogP contribution < -0.4 is 15.8 Å². The van der Waals surface area contributed by atoms with Crippen molar-refractivity contribution in [3.05, 3.63) is 29.8 Å². The van der Waals surface area contributed by atoms with Gasteiger partial charge < -0.3 is 15.8 Å². The van der Waals surface area contributed by atoms with Crippen molar-refractivity contribution in [1.29, 1.82) is 0 Å². The SMILES string of the molecule is Cc1ccccc1OCCNC(N)=NCCC(C)C.I. The van der Waals surface area contributed by atoms with Crippen LogP contribution in [0.4, 0.5) is 0 Å². The molecule has 0 saturated heterocycles. The minimum atomic E-state index is 0. The zero-order valence-electron chi connectivity index (χ0n) is 12.6. The Labute approximate surface area is 139 Å². The van der Waals surface area contributed by atoms with E-state index in [0.717, 1.165) is 24.3 Å². The Morgan fingerprint density at radius 2 is 2.05 bits per heavy atom. The quantitative estimate of drug-likeness (QED) is 0.325. The number of hydrogen-bond donors (Lipinski definition) is 2. The van der Waals surface area contributed by atoms with Crippen LogP contribution in [0.1, 0.15) is 25.8 Å². The van der Waals surface area contributed by atoms with Gasteiger partial charge in [-0.15, -0.1) is 24.0 Å². The van der Waals surface area contributed by atoms with Crippen molar-refractivity contribution < 1.29 is 4.74 Å². The van der Waals surface area contributed by atoms with Gasteiger partial charge in [-0.3, -0.25) is 4.99 Å². The maximum absolute atomic E-state index is 5.75. The fraction of sp³-hybridized carbons (Fsp3) is 0.533.